The lowest BCUT2D eigenvalue weighted by atomic mass is 10.0. The molecule has 0 aliphatic carbocycles. The van der Waals surface area contributed by atoms with Crippen molar-refractivity contribution in [1.29, 1.82) is 0 Å². The zero-order chi connectivity index (χ0) is 11.5. The van der Waals surface area contributed by atoms with Crippen molar-refractivity contribution in [2.45, 2.75) is 26.3 Å². The molecule has 0 spiro atoms. The number of hydrogen-bond donors (Lipinski definition) is 2. The highest BCUT2D eigenvalue weighted by atomic mass is 32.1. The SMILES string of the molecule is CC(C)C(N)Cc1csc(-c2ncn[nH]2)n1. The summed E-state index contributed by atoms with van der Waals surface area (Å²) >= 11 is 1.56. The summed E-state index contributed by atoms with van der Waals surface area (Å²) in [6, 6.07) is 0.157. The number of rotatable bonds is 4. The number of thiazole rings is 1. The topological polar surface area (TPSA) is 80.5 Å². The summed E-state index contributed by atoms with van der Waals surface area (Å²) in [4.78, 5) is 8.54. The second-order valence-electron chi connectivity index (χ2n) is 4.09. The Hall–Kier alpha value is -1.27. The van der Waals surface area contributed by atoms with E-state index in [1.807, 2.05) is 5.38 Å². The minimum atomic E-state index is 0.157. The summed E-state index contributed by atoms with van der Waals surface area (Å²) < 4.78 is 0. The Morgan fingerprint density at radius 2 is 2.31 bits per heavy atom. The van der Waals surface area contributed by atoms with E-state index in [0.717, 1.165) is 22.9 Å². The molecule has 16 heavy (non-hydrogen) atoms. The number of nitrogens with zero attached hydrogens (tertiary/aromatic N) is 3. The van der Waals surface area contributed by atoms with Crippen molar-refractivity contribution in [2.24, 2.45) is 11.7 Å². The van der Waals surface area contributed by atoms with Gasteiger partial charge in [-0.2, -0.15) is 5.10 Å². The van der Waals surface area contributed by atoms with Crippen molar-refractivity contribution in [2.75, 3.05) is 0 Å². The largest absolute Gasteiger partial charge is 0.327 e. The van der Waals surface area contributed by atoms with Gasteiger partial charge < -0.3 is 5.73 Å². The van der Waals surface area contributed by atoms with Crippen molar-refractivity contribution in [3.05, 3.63) is 17.4 Å². The first kappa shape index (κ1) is 11.2. The van der Waals surface area contributed by atoms with Gasteiger partial charge in [0, 0.05) is 17.8 Å². The van der Waals surface area contributed by atoms with Crippen LogP contribution in [-0.4, -0.2) is 26.2 Å². The molecule has 3 N–H and O–H groups in total. The molecule has 2 aromatic rings. The quantitative estimate of drug-likeness (QED) is 0.843. The van der Waals surface area contributed by atoms with Crippen molar-refractivity contribution in [3.63, 3.8) is 0 Å². The second kappa shape index (κ2) is 4.71. The second-order valence-corrected chi connectivity index (χ2v) is 4.95. The molecule has 0 saturated heterocycles. The van der Waals surface area contributed by atoms with E-state index >= 15 is 0 Å². The molecule has 0 saturated carbocycles. The van der Waals surface area contributed by atoms with Crippen LogP contribution in [0.15, 0.2) is 11.7 Å². The minimum Gasteiger partial charge on any atom is -0.327 e. The number of hydrogen-bond acceptors (Lipinski definition) is 5. The standard InChI is InChI=1S/C10H15N5S/c1-6(2)8(11)3-7-4-16-10(14-7)9-12-5-13-15-9/h4-6,8H,3,11H2,1-2H3,(H,12,13,15). The third kappa shape index (κ3) is 2.45. The molecule has 2 heterocycles. The molecule has 0 radical (unpaired) electrons. The van der Waals surface area contributed by atoms with Gasteiger partial charge in [-0.05, 0) is 5.92 Å². The van der Waals surface area contributed by atoms with Crippen LogP contribution in [0.3, 0.4) is 0 Å². The fraction of sp³-hybridized carbons (Fsp3) is 0.500. The van der Waals surface area contributed by atoms with Gasteiger partial charge in [-0.15, -0.1) is 11.3 Å². The summed E-state index contributed by atoms with van der Waals surface area (Å²) in [7, 11) is 0. The summed E-state index contributed by atoms with van der Waals surface area (Å²) in [6.45, 7) is 4.24. The smallest absolute Gasteiger partial charge is 0.184 e. The lowest BCUT2D eigenvalue weighted by Crippen LogP contribution is -2.28. The van der Waals surface area contributed by atoms with Crippen molar-refractivity contribution in [3.8, 4) is 10.8 Å². The van der Waals surface area contributed by atoms with Crippen molar-refractivity contribution < 1.29 is 0 Å². The maximum absolute atomic E-state index is 6.01. The summed E-state index contributed by atoms with van der Waals surface area (Å²) in [5.74, 6) is 1.18. The average Bonchev–Trinajstić information content (AvgIpc) is 2.85. The highest BCUT2D eigenvalue weighted by Crippen LogP contribution is 2.20. The molecule has 0 amide bonds. The van der Waals surface area contributed by atoms with Crippen molar-refractivity contribution in [1.82, 2.24) is 20.2 Å². The first-order valence-electron chi connectivity index (χ1n) is 5.22. The summed E-state index contributed by atoms with van der Waals surface area (Å²) in [6.07, 6.45) is 2.29. The Labute approximate surface area is 98.1 Å². The molecule has 0 bridgehead atoms. The Kier molecular flexibility index (Phi) is 3.31. The first-order chi connectivity index (χ1) is 7.66. The number of nitrogens with one attached hydrogen (secondary N) is 1. The average molecular weight is 237 g/mol. The van der Waals surface area contributed by atoms with E-state index in [-0.39, 0.29) is 6.04 Å². The van der Waals surface area contributed by atoms with Crippen LogP contribution < -0.4 is 5.73 Å². The van der Waals surface area contributed by atoms with Gasteiger partial charge in [0.05, 0.1) is 5.69 Å². The van der Waals surface area contributed by atoms with Gasteiger partial charge in [0.1, 0.15) is 6.33 Å². The van der Waals surface area contributed by atoms with Gasteiger partial charge in [-0.25, -0.2) is 9.97 Å². The van der Waals surface area contributed by atoms with Crippen LogP contribution in [0.25, 0.3) is 10.8 Å². The van der Waals surface area contributed by atoms with E-state index < -0.39 is 0 Å². The van der Waals surface area contributed by atoms with E-state index in [4.69, 9.17) is 5.73 Å². The molecule has 5 nitrogen and oxygen atoms in total. The van der Waals surface area contributed by atoms with Crippen LogP contribution in [0.2, 0.25) is 0 Å². The lowest BCUT2D eigenvalue weighted by molar-refractivity contribution is 0.487. The molecule has 0 aromatic carbocycles. The maximum atomic E-state index is 6.01. The number of nitrogens with two attached hydrogens (primary N) is 1. The van der Waals surface area contributed by atoms with Crippen LogP contribution in [0.5, 0.6) is 0 Å². The zero-order valence-corrected chi connectivity index (χ0v) is 10.2. The third-order valence-corrected chi connectivity index (χ3v) is 3.37. The number of aromatic amines is 1. The fourth-order valence-corrected chi connectivity index (χ4v) is 2.07. The van der Waals surface area contributed by atoms with E-state index in [1.54, 1.807) is 11.3 Å². The first-order valence-corrected chi connectivity index (χ1v) is 6.10. The van der Waals surface area contributed by atoms with Gasteiger partial charge in [0.15, 0.2) is 10.8 Å². The Morgan fingerprint density at radius 3 is 2.94 bits per heavy atom. The molecule has 86 valence electrons. The number of H-pyrrole nitrogens is 1. The summed E-state index contributed by atoms with van der Waals surface area (Å²) in [5, 5.41) is 9.49. The number of aromatic nitrogens is 4. The van der Waals surface area contributed by atoms with Crippen LogP contribution in [0, 0.1) is 5.92 Å². The molecule has 0 aliphatic rings. The molecular weight excluding hydrogens is 222 g/mol. The molecule has 0 fully saturated rings. The van der Waals surface area contributed by atoms with Gasteiger partial charge in [0.2, 0.25) is 0 Å². The van der Waals surface area contributed by atoms with E-state index in [1.165, 1.54) is 6.33 Å². The molecule has 0 aliphatic heterocycles. The Bertz CT molecular complexity index is 434. The predicted octanol–water partition coefficient (Wildman–Crippen LogP) is 1.45. The molecule has 2 rings (SSSR count). The third-order valence-electron chi connectivity index (χ3n) is 2.47. The molecule has 6 heteroatoms. The van der Waals surface area contributed by atoms with E-state index in [9.17, 15) is 0 Å². The minimum absolute atomic E-state index is 0.157. The Balaban J connectivity index is 2.08. The molecule has 2 aromatic heterocycles. The van der Waals surface area contributed by atoms with Crippen LogP contribution in [0.4, 0.5) is 0 Å². The normalized spacial score (nSPS) is 13.2. The maximum Gasteiger partial charge on any atom is 0.184 e. The predicted molar refractivity (Wildman–Crippen MR) is 64.0 cm³/mol. The highest BCUT2D eigenvalue weighted by molar-refractivity contribution is 7.13. The van der Waals surface area contributed by atoms with Crippen molar-refractivity contribution >= 4 is 11.3 Å². The zero-order valence-electron chi connectivity index (χ0n) is 9.34. The van der Waals surface area contributed by atoms with E-state index in [0.29, 0.717) is 5.92 Å². The van der Waals surface area contributed by atoms with Gasteiger partial charge in [0.25, 0.3) is 0 Å². The van der Waals surface area contributed by atoms with Gasteiger partial charge in [-0.3, -0.25) is 5.10 Å². The van der Waals surface area contributed by atoms with E-state index in [2.05, 4.69) is 34.0 Å². The van der Waals surface area contributed by atoms with Crippen LogP contribution in [-0.2, 0) is 6.42 Å². The molecule has 1 atom stereocenters. The fourth-order valence-electron chi connectivity index (χ4n) is 1.30. The van der Waals surface area contributed by atoms with Crippen LogP contribution in [0.1, 0.15) is 19.5 Å². The molecular formula is C10H15N5S. The van der Waals surface area contributed by atoms with Crippen LogP contribution >= 0.6 is 11.3 Å². The highest BCUT2D eigenvalue weighted by Gasteiger charge is 2.12. The van der Waals surface area contributed by atoms with Gasteiger partial charge in [-0.1, -0.05) is 13.8 Å². The monoisotopic (exact) mass is 237 g/mol. The molecule has 1 unspecified atom stereocenters. The summed E-state index contributed by atoms with van der Waals surface area (Å²) in [5.41, 5.74) is 7.03. The Morgan fingerprint density at radius 1 is 1.50 bits per heavy atom. The lowest BCUT2D eigenvalue weighted by Gasteiger charge is -2.13. The van der Waals surface area contributed by atoms with Gasteiger partial charge >= 0.3 is 0 Å².